The lowest BCUT2D eigenvalue weighted by Crippen LogP contribution is -2.34. The van der Waals surface area contributed by atoms with Gasteiger partial charge in [0.2, 0.25) is 0 Å². The summed E-state index contributed by atoms with van der Waals surface area (Å²) in [5, 5.41) is 13.8. The van der Waals surface area contributed by atoms with Gasteiger partial charge in [0.25, 0.3) is 0 Å². The smallest absolute Gasteiger partial charge is 0.151 e. The summed E-state index contributed by atoms with van der Waals surface area (Å²) in [7, 11) is -0.233. The van der Waals surface area contributed by atoms with Crippen LogP contribution >= 0.6 is 11.6 Å². The Morgan fingerprint density at radius 3 is 2.82 bits per heavy atom. The van der Waals surface area contributed by atoms with Crippen LogP contribution in [0.1, 0.15) is 0 Å². The maximum atomic E-state index is 15.1. The summed E-state index contributed by atoms with van der Waals surface area (Å²) in [6, 6.07) is 8.19. The van der Waals surface area contributed by atoms with Crippen LogP contribution < -0.4 is 10.1 Å². The van der Waals surface area contributed by atoms with Crippen molar-refractivity contribution in [3.05, 3.63) is 47.5 Å². The Balaban J connectivity index is 1.47. The molecule has 3 heterocycles. The Labute approximate surface area is 197 Å². The highest BCUT2D eigenvalue weighted by Gasteiger charge is 2.48. The van der Waals surface area contributed by atoms with E-state index in [2.05, 4.69) is 19.6 Å². The second-order valence-electron chi connectivity index (χ2n) is 7.99. The van der Waals surface area contributed by atoms with Crippen molar-refractivity contribution in [3.63, 3.8) is 0 Å². The molecule has 8 nitrogen and oxygen atoms in total. The van der Waals surface area contributed by atoms with Gasteiger partial charge >= 0.3 is 0 Å². The number of rotatable bonds is 5. The Kier molecular flexibility index (Phi) is 6.19. The van der Waals surface area contributed by atoms with Crippen molar-refractivity contribution in [1.29, 1.82) is 0 Å². The molecular weight excluding hydrogens is 471 g/mol. The number of hydrogen-bond acceptors (Lipinski definition) is 8. The highest BCUT2D eigenvalue weighted by Crippen LogP contribution is 2.37. The van der Waals surface area contributed by atoms with Gasteiger partial charge in [-0.2, -0.15) is 0 Å². The molecule has 4 atom stereocenters. The largest absolute Gasteiger partial charge is 0.483 e. The van der Waals surface area contributed by atoms with E-state index in [4.69, 9.17) is 25.8 Å². The molecule has 0 aliphatic carbocycles. The Morgan fingerprint density at radius 2 is 2.00 bits per heavy atom. The van der Waals surface area contributed by atoms with E-state index in [-0.39, 0.29) is 41.2 Å². The molecule has 2 aromatic carbocycles. The van der Waals surface area contributed by atoms with Crippen LogP contribution in [0.25, 0.3) is 10.9 Å². The normalized spacial score (nSPS) is 24.3. The molecule has 3 aromatic rings. The molecule has 0 amide bonds. The molecule has 2 saturated heterocycles. The van der Waals surface area contributed by atoms with Crippen LogP contribution in [0.2, 0.25) is 5.02 Å². The van der Waals surface area contributed by atoms with E-state index in [9.17, 15) is 5.11 Å². The first-order valence-electron chi connectivity index (χ1n) is 10.3. The Bertz CT molecular complexity index is 1240. The number of fused-ring (bicyclic) bond motifs is 2. The fourth-order valence-corrected chi connectivity index (χ4v) is 4.71. The van der Waals surface area contributed by atoms with E-state index in [1.165, 1.54) is 12.4 Å². The highest BCUT2D eigenvalue weighted by molar-refractivity contribution is 7.85. The number of aromatic nitrogens is 2. The topological polar surface area (TPSA) is 98.1 Å². The molecule has 33 heavy (non-hydrogen) atoms. The van der Waals surface area contributed by atoms with Gasteiger partial charge in [-0.15, -0.1) is 10.7 Å². The van der Waals surface area contributed by atoms with Crippen LogP contribution in [0, 0.1) is 5.82 Å². The first kappa shape index (κ1) is 22.4. The first-order valence-corrected chi connectivity index (χ1v) is 12.6. The minimum atomic E-state index is -0.677. The molecule has 1 aromatic heterocycles. The minimum Gasteiger partial charge on any atom is -0.483 e. The van der Waals surface area contributed by atoms with Crippen molar-refractivity contribution in [2.45, 2.75) is 24.4 Å². The Hall–Kier alpha value is -2.37. The predicted octanol–water partition coefficient (Wildman–Crippen LogP) is 3.76. The van der Waals surface area contributed by atoms with Gasteiger partial charge in [-0.05, 0) is 30.7 Å². The lowest BCUT2D eigenvalue weighted by Gasteiger charge is -2.21. The standard InChI is InChI=1S/C22H22ClFN4O4S/c1-33(2)28-12-6-13(24)19-15(7-12)25-10-26-22(19)27-14-4-3-11(23)5-17(14)32-18-9-31-20-16(29)8-30-21(18)20/h3-7,10,16,18,20-21,29H,8-9H2,1-2H3,(H,25,26,27)/t16?,18-,20?,21?/m1/s1. The SMILES string of the molecule is CS(C)=Nc1cc(F)c2c(Nc3ccc(Cl)cc3O[C@@H]3COC4C(O)COC43)ncnc2c1. The van der Waals surface area contributed by atoms with Crippen LogP contribution in [0.3, 0.4) is 0 Å². The zero-order valence-electron chi connectivity index (χ0n) is 17.9. The molecule has 2 fully saturated rings. The van der Waals surface area contributed by atoms with Crippen LogP contribution in [0.15, 0.2) is 41.0 Å². The molecular formula is C22H22ClFN4O4S. The summed E-state index contributed by atoms with van der Waals surface area (Å²) < 4.78 is 36.9. The number of benzene rings is 2. The van der Waals surface area contributed by atoms with Gasteiger partial charge in [-0.1, -0.05) is 11.6 Å². The van der Waals surface area contributed by atoms with E-state index < -0.39 is 24.1 Å². The molecule has 2 aliphatic heterocycles. The van der Waals surface area contributed by atoms with Crippen molar-refractivity contribution < 1.29 is 23.7 Å². The monoisotopic (exact) mass is 492 g/mol. The summed E-state index contributed by atoms with van der Waals surface area (Å²) in [6.07, 6.45) is 3.36. The first-order chi connectivity index (χ1) is 15.9. The molecule has 11 heteroatoms. The van der Waals surface area contributed by atoms with Gasteiger partial charge in [0.15, 0.2) is 6.10 Å². The average Bonchev–Trinajstić information content (AvgIpc) is 3.32. The fraction of sp³-hybridized carbons (Fsp3) is 0.364. The summed E-state index contributed by atoms with van der Waals surface area (Å²) in [6.45, 7) is 0.472. The number of hydrogen-bond donors (Lipinski definition) is 2. The lowest BCUT2D eigenvalue weighted by molar-refractivity contribution is 0.00876. The quantitative estimate of drug-likeness (QED) is 0.559. The summed E-state index contributed by atoms with van der Waals surface area (Å²) in [4.78, 5) is 8.47. The number of nitrogens with zero attached hydrogens (tertiary/aromatic N) is 3. The molecule has 0 spiro atoms. The third-order valence-corrected chi connectivity index (χ3v) is 6.23. The highest BCUT2D eigenvalue weighted by atomic mass is 35.5. The van der Waals surface area contributed by atoms with Crippen LogP contribution in [-0.2, 0) is 20.2 Å². The van der Waals surface area contributed by atoms with Gasteiger partial charge in [0, 0.05) is 17.2 Å². The number of anilines is 2. The van der Waals surface area contributed by atoms with Gasteiger partial charge in [0.1, 0.15) is 42.0 Å². The molecule has 174 valence electrons. The summed E-state index contributed by atoms with van der Waals surface area (Å²) >= 11 is 6.21. The summed E-state index contributed by atoms with van der Waals surface area (Å²) in [5.41, 5.74) is 1.51. The van der Waals surface area contributed by atoms with E-state index in [0.717, 1.165) is 0 Å². The average molecular weight is 493 g/mol. The third kappa shape index (κ3) is 4.53. The molecule has 0 bridgehead atoms. The molecule has 0 radical (unpaired) electrons. The number of nitrogens with one attached hydrogen (secondary N) is 1. The third-order valence-electron chi connectivity index (χ3n) is 5.42. The van der Waals surface area contributed by atoms with Crippen LogP contribution in [0.4, 0.5) is 21.6 Å². The maximum absolute atomic E-state index is 15.1. The number of halogens is 2. The number of aliphatic hydroxyl groups is 1. The van der Waals surface area contributed by atoms with E-state index >= 15 is 4.39 Å². The van der Waals surface area contributed by atoms with Crippen molar-refractivity contribution >= 4 is 50.4 Å². The second-order valence-corrected chi connectivity index (χ2v) is 10.2. The molecule has 3 unspecified atom stereocenters. The van der Waals surface area contributed by atoms with E-state index in [0.29, 0.717) is 27.7 Å². The van der Waals surface area contributed by atoms with Crippen molar-refractivity contribution in [2.75, 3.05) is 31.0 Å². The summed E-state index contributed by atoms with van der Waals surface area (Å²) in [5.74, 6) is 0.245. The van der Waals surface area contributed by atoms with Gasteiger partial charge in [0.05, 0.1) is 35.5 Å². The molecule has 2 aliphatic rings. The van der Waals surface area contributed by atoms with Crippen molar-refractivity contribution in [2.24, 2.45) is 4.36 Å². The second kappa shape index (κ2) is 9.11. The molecule has 2 N–H and O–H groups in total. The number of aliphatic hydroxyl groups excluding tert-OH is 1. The van der Waals surface area contributed by atoms with Crippen molar-refractivity contribution in [3.8, 4) is 5.75 Å². The van der Waals surface area contributed by atoms with Gasteiger partial charge < -0.3 is 24.6 Å². The Morgan fingerprint density at radius 1 is 1.18 bits per heavy atom. The minimum absolute atomic E-state index is 0.202. The molecule has 0 saturated carbocycles. The number of ether oxygens (including phenoxy) is 3. The van der Waals surface area contributed by atoms with E-state index in [1.54, 1.807) is 24.3 Å². The fourth-order valence-electron chi connectivity index (χ4n) is 4.02. The zero-order valence-corrected chi connectivity index (χ0v) is 19.4. The lowest BCUT2D eigenvalue weighted by atomic mass is 10.1. The molecule has 5 rings (SSSR count). The zero-order chi connectivity index (χ0) is 23.1. The van der Waals surface area contributed by atoms with E-state index in [1.807, 2.05) is 12.5 Å². The van der Waals surface area contributed by atoms with Crippen LogP contribution in [-0.4, -0.2) is 65.2 Å². The van der Waals surface area contributed by atoms with Crippen molar-refractivity contribution in [1.82, 2.24) is 9.97 Å². The van der Waals surface area contributed by atoms with Gasteiger partial charge in [-0.3, -0.25) is 0 Å². The van der Waals surface area contributed by atoms with Crippen LogP contribution in [0.5, 0.6) is 5.75 Å². The maximum Gasteiger partial charge on any atom is 0.151 e. The predicted molar refractivity (Wildman–Crippen MR) is 125 cm³/mol. The van der Waals surface area contributed by atoms with Gasteiger partial charge in [-0.25, -0.2) is 18.7 Å².